The van der Waals surface area contributed by atoms with Crippen LogP contribution >= 0.6 is 0 Å². The van der Waals surface area contributed by atoms with E-state index < -0.39 is 0 Å². The topological polar surface area (TPSA) is 0 Å². The van der Waals surface area contributed by atoms with Crippen molar-refractivity contribution in [3.63, 3.8) is 0 Å². The van der Waals surface area contributed by atoms with Crippen molar-refractivity contribution >= 4 is 0 Å². The maximum atomic E-state index is 2.29. The molecule has 0 aromatic heterocycles. The summed E-state index contributed by atoms with van der Waals surface area (Å²) in [6, 6.07) is 2.29. The highest BCUT2D eigenvalue weighted by Gasteiger charge is 2.13. The van der Waals surface area contributed by atoms with Crippen molar-refractivity contribution in [2.75, 3.05) is 0 Å². The van der Waals surface area contributed by atoms with Gasteiger partial charge in [-0.2, -0.15) is 0 Å². The van der Waals surface area contributed by atoms with Crippen LogP contribution in [0.4, 0.5) is 0 Å². The molecule has 0 aromatic rings. The third kappa shape index (κ3) is 0.439. The van der Waals surface area contributed by atoms with E-state index in [1.807, 2.05) is 0 Å². The Balaban J connectivity index is 2.67. The van der Waals surface area contributed by atoms with Crippen molar-refractivity contribution in [2.45, 2.75) is 27.2 Å². The first kappa shape index (κ1) is 5.96. The van der Waals surface area contributed by atoms with Crippen molar-refractivity contribution in [3.05, 3.63) is 33.2 Å². The summed E-state index contributed by atoms with van der Waals surface area (Å²) in [7, 11) is 0. The second-order valence-electron chi connectivity index (χ2n) is 3.07. The smallest absolute Gasteiger partial charge is 0.0119 e. The normalized spacial score (nSPS) is 11.9. The number of rotatable bonds is 1. The summed E-state index contributed by atoms with van der Waals surface area (Å²) in [5, 5.41) is 3.09. The van der Waals surface area contributed by atoms with Crippen LogP contribution in [0, 0.1) is 24.3 Å². The van der Waals surface area contributed by atoms with Gasteiger partial charge in [0.15, 0.2) is 0 Å². The molecule has 0 saturated carbocycles. The van der Waals surface area contributed by atoms with Crippen molar-refractivity contribution in [1.82, 2.24) is 0 Å². The van der Waals surface area contributed by atoms with E-state index in [0.29, 0.717) is 0 Å². The van der Waals surface area contributed by atoms with E-state index in [1.54, 1.807) is 10.8 Å². The van der Waals surface area contributed by atoms with Gasteiger partial charge in [-0.05, 0) is 47.4 Å². The van der Waals surface area contributed by atoms with E-state index in [-0.39, 0.29) is 0 Å². The molecule has 0 nitrogen and oxygen atoms in total. The lowest BCUT2D eigenvalue weighted by Gasteiger charge is -2.18. The fraction of sp³-hybridized carbons (Fsp3) is 0.400. The maximum absolute atomic E-state index is 2.29. The summed E-state index contributed by atoms with van der Waals surface area (Å²) in [5.74, 6) is 0. The standard InChI is InChI=1S/C10H12/c1-4-8-7(3)10-6(2)5-9(8)10/h5H,4H2,1-3H3. The lowest BCUT2D eigenvalue weighted by atomic mass is 9.86. The number of hydrogen-bond acceptors (Lipinski definition) is 0. The summed E-state index contributed by atoms with van der Waals surface area (Å²) in [5.41, 5.74) is 4.60. The molecule has 0 heterocycles. The highest BCUT2D eigenvalue weighted by atomic mass is 14.2. The molecule has 52 valence electrons. The van der Waals surface area contributed by atoms with Gasteiger partial charge in [0.2, 0.25) is 0 Å². The van der Waals surface area contributed by atoms with Crippen LogP contribution < -0.4 is 0 Å². The minimum atomic E-state index is 1.20. The van der Waals surface area contributed by atoms with Gasteiger partial charge in [0.1, 0.15) is 0 Å². The van der Waals surface area contributed by atoms with E-state index in [9.17, 15) is 0 Å². The van der Waals surface area contributed by atoms with Gasteiger partial charge >= 0.3 is 0 Å². The summed E-state index contributed by atoms with van der Waals surface area (Å²) in [6.07, 6.45) is 1.20. The Morgan fingerprint density at radius 2 is 2.00 bits per heavy atom. The van der Waals surface area contributed by atoms with Gasteiger partial charge in [-0.1, -0.05) is 13.0 Å². The Morgan fingerprint density at radius 1 is 1.30 bits per heavy atom. The molecule has 2 aliphatic rings. The van der Waals surface area contributed by atoms with E-state index in [4.69, 9.17) is 0 Å². The Morgan fingerprint density at radius 3 is 2.40 bits per heavy atom. The second-order valence-corrected chi connectivity index (χ2v) is 3.07. The molecule has 0 atom stereocenters. The lowest BCUT2D eigenvalue weighted by molar-refractivity contribution is 1.01. The zero-order chi connectivity index (χ0) is 7.30. The first-order valence-electron chi connectivity index (χ1n) is 3.89. The Labute approximate surface area is 61.2 Å². The van der Waals surface area contributed by atoms with Crippen molar-refractivity contribution < 1.29 is 0 Å². The van der Waals surface area contributed by atoms with Gasteiger partial charge in [-0.3, -0.25) is 0 Å². The van der Waals surface area contributed by atoms with Crippen molar-refractivity contribution in [1.29, 1.82) is 0 Å². The first-order chi connectivity index (χ1) is 4.75. The second kappa shape index (κ2) is 1.63. The van der Waals surface area contributed by atoms with Crippen LogP contribution in [0.1, 0.15) is 23.6 Å². The molecule has 0 aromatic carbocycles. The van der Waals surface area contributed by atoms with E-state index in [1.165, 1.54) is 22.8 Å². The fourth-order valence-electron chi connectivity index (χ4n) is 1.98. The summed E-state index contributed by atoms with van der Waals surface area (Å²) >= 11 is 0. The fourth-order valence-corrected chi connectivity index (χ4v) is 1.98. The summed E-state index contributed by atoms with van der Waals surface area (Å²) in [6.45, 7) is 6.65. The van der Waals surface area contributed by atoms with Crippen molar-refractivity contribution in [3.8, 4) is 0 Å². The molecule has 0 saturated heterocycles. The highest BCUT2D eigenvalue weighted by Crippen LogP contribution is 2.26. The third-order valence-electron chi connectivity index (χ3n) is 2.53. The molecule has 0 N–H and O–H groups in total. The summed E-state index contributed by atoms with van der Waals surface area (Å²) < 4.78 is 0. The van der Waals surface area contributed by atoms with Crippen LogP contribution in [-0.2, 0) is 6.42 Å². The monoisotopic (exact) mass is 132 g/mol. The van der Waals surface area contributed by atoms with Crippen molar-refractivity contribution in [2.24, 2.45) is 0 Å². The molecule has 0 radical (unpaired) electrons. The average Bonchev–Trinajstić information content (AvgIpc) is 1.86. The molecule has 10 heavy (non-hydrogen) atoms. The van der Waals surface area contributed by atoms with Gasteiger partial charge in [0.25, 0.3) is 0 Å². The SMILES string of the molecule is CCc1c(C)c2c(C)cc1=2. The highest BCUT2D eigenvalue weighted by molar-refractivity contribution is 5.46. The van der Waals surface area contributed by atoms with Gasteiger partial charge < -0.3 is 0 Å². The van der Waals surface area contributed by atoms with Crippen LogP contribution in [0.2, 0.25) is 0 Å². The number of benzene rings is 1. The quantitative estimate of drug-likeness (QED) is 0.559. The molecular formula is C10H12. The lowest BCUT2D eigenvalue weighted by Crippen LogP contribution is -2.05. The predicted molar refractivity (Wildman–Crippen MR) is 43.0 cm³/mol. The van der Waals surface area contributed by atoms with Gasteiger partial charge in [-0.15, -0.1) is 0 Å². The van der Waals surface area contributed by atoms with E-state index in [2.05, 4.69) is 26.8 Å². The Kier molecular flexibility index (Phi) is 0.971. The zero-order valence-electron chi connectivity index (χ0n) is 6.78. The average molecular weight is 132 g/mol. The first-order valence-corrected chi connectivity index (χ1v) is 3.89. The zero-order valence-corrected chi connectivity index (χ0v) is 6.78. The molecule has 0 fully saturated rings. The molecule has 0 spiro atoms. The van der Waals surface area contributed by atoms with Crippen LogP contribution in [0.3, 0.4) is 0 Å². The van der Waals surface area contributed by atoms with Gasteiger partial charge in [0, 0.05) is 0 Å². The number of aryl methyl sites for hydroxylation is 1. The number of hydrogen-bond donors (Lipinski definition) is 0. The molecule has 0 unspecified atom stereocenters. The van der Waals surface area contributed by atoms with Gasteiger partial charge in [0.05, 0.1) is 0 Å². The predicted octanol–water partition coefficient (Wildman–Crippen LogP) is 2.47. The molecular weight excluding hydrogens is 120 g/mol. The molecule has 2 rings (SSSR count). The van der Waals surface area contributed by atoms with Gasteiger partial charge in [-0.25, -0.2) is 0 Å². The van der Waals surface area contributed by atoms with Crippen LogP contribution in [0.15, 0.2) is 6.07 Å². The summed E-state index contributed by atoms with van der Waals surface area (Å²) in [4.78, 5) is 0. The van der Waals surface area contributed by atoms with Crippen LogP contribution in [0.25, 0.3) is 0 Å². The van der Waals surface area contributed by atoms with E-state index >= 15 is 0 Å². The largest absolute Gasteiger partial charge is 0.0613 e. The van der Waals surface area contributed by atoms with E-state index in [0.717, 1.165) is 0 Å². The molecule has 0 heteroatoms. The molecule has 0 amide bonds. The molecule has 0 aliphatic heterocycles. The molecule has 0 bridgehead atoms. The molecule has 2 aliphatic carbocycles. The van der Waals surface area contributed by atoms with Crippen LogP contribution in [-0.4, -0.2) is 0 Å². The minimum Gasteiger partial charge on any atom is -0.0613 e. The third-order valence-corrected chi connectivity index (χ3v) is 2.53. The van der Waals surface area contributed by atoms with Crippen LogP contribution in [0.5, 0.6) is 0 Å². The Bertz CT molecular complexity index is 372. The Hall–Kier alpha value is -0.780. The maximum Gasteiger partial charge on any atom is -0.0119 e. The minimum absolute atomic E-state index is 1.20.